The van der Waals surface area contributed by atoms with Crippen molar-refractivity contribution in [2.45, 2.75) is 20.3 Å². The van der Waals surface area contributed by atoms with Crippen molar-refractivity contribution in [3.63, 3.8) is 0 Å². The van der Waals surface area contributed by atoms with E-state index in [-0.39, 0.29) is 5.76 Å². The van der Waals surface area contributed by atoms with Gasteiger partial charge in [0.1, 0.15) is 5.76 Å². The van der Waals surface area contributed by atoms with Crippen LogP contribution in [-0.4, -0.2) is 5.11 Å². The molecule has 0 spiro atoms. The zero-order chi connectivity index (χ0) is 9.72. The quantitative estimate of drug-likeness (QED) is 0.376. The molecule has 0 rings (SSSR count). The van der Waals surface area contributed by atoms with Gasteiger partial charge in [-0.2, -0.15) is 0 Å². The van der Waals surface area contributed by atoms with Crippen LogP contribution in [0.3, 0.4) is 0 Å². The summed E-state index contributed by atoms with van der Waals surface area (Å²) in [5, 5.41) is 9.00. The molecule has 0 aromatic carbocycles. The molecule has 0 aromatic heterocycles. The zero-order valence-electron chi connectivity index (χ0n) is 8.01. The summed E-state index contributed by atoms with van der Waals surface area (Å²) in [6.45, 7) is 15.1. The number of rotatable bonds is 5. The van der Waals surface area contributed by atoms with E-state index in [1.807, 2.05) is 6.08 Å². The third-order valence-corrected chi connectivity index (χ3v) is 2.25. The Bertz CT molecular complexity index is 191. The van der Waals surface area contributed by atoms with Crippen molar-refractivity contribution in [2.75, 3.05) is 0 Å². The van der Waals surface area contributed by atoms with E-state index in [1.165, 1.54) is 0 Å². The maximum Gasteiger partial charge on any atom is 0.111 e. The largest absolute Gasteiger partial charge is 0.508 e. The van der Waals surface area contributed by atoms with Crippen LogP contribution >= 0.6 is 0 Å². The Morgan fingerprint density at radius 3 is 2.25 bits per heavy atom. The molecule has 2 atom stereocenters. The third-order valence-electron chi connectivity index (χ3n) is 2.25. The van der Waals surface area contributed by atoms with Crippen molar-refractivity contribution in [3.05, 3.63) is 37.1 Å². The van der Waals surface area contributed by atoms with Crippen LogP contribution in [0.1, 0.15) is 20.3 Å². The van der Waals surface area contributed by atoms with Crippen LogP contribution in [0, 0.1) is 11.8 Å². The van der Waals surface area contributed by atoms with Crippen LogP contribution < -0.4 is 0 Å². The Balaban J connectivity index is 4.00. The van der Waals surface area contributed by atoms with Gasteiger partial charge in [-0.25, -0.2) is 0 Å². The normalized spacial score (nSPS) is 14.8. The maximum atomic E-state index is 9.00. The van der Waals surface area contributed by atoms with Crippen LogP contribution in [0.2, 0.25) is 0 Å². The van der Waals surface area contributed by atoms with Crippen LogP contribution in [0.4, 0.5) is 0 Å². The Morgan fingerprint density at radius 1 is 1.42 bits per heavy atom. The van der Waals surface area contributed by atoms with E-state index in [9.17, 15) is 0 Å². The molecule has 0 heterocycles. The van der Waals surface area contributed by atoms with Crippen LogP contribution in [0.25, 0.3) is 0 Å². The topological polar surface area (TPSA) is 20.2 Å². The van der Waals surface area contributed by atoms with Crippen molar-refractivity contribution in [2.24, 2.45) is 11.8 Å². The Hall–Kier alpha value is -0.980. The molecule has 1 N–H and O–H groups in total. The summed E-state index contributed by atoms with van der Waals surface area (Å²) in [7, 11) is 0. The number of hydrogen-bond acceptors (Lipinski definition) is 1. The van der Waals surface area contributed by atoms with Gasteiger partial charge in [0.2, 0.25) is 0 Å². The van der Waals surface area contributed by atoms with Crippen molar-refractivity contribution in [1.82, 2.24) is 0 Å². The van der Waals surface area contributed by atoms with E-state index in [2.05, 4.69) is 33.6 Å². The van der Waals surface area contributed by atoms with E-state index in [4.69, 9.17) is 5.11 Å². The molecule has 0 bridgehead atoms. The lowest BCUT2D eigenvalue weighted by Gasteiger charge is -2.16. The molecule has 0 saturated heterocycles. The fraction of sp³-hybridized carbons (Fsp3) is 0.455. The molecule has 0 saturated carbocycles. The average Bonchev–Trinajstić information content (AvgIpc) is 2.02. The second-order valence-corrected chi connectivity index (χ2v) is 3.33. The molecule has 1 nitrogen and oxygen atoms in total. The van der Waals surface area contributed by atoms with E-state index < -0.39 is 0 Å². The molecule has 1 heteroatoms. The first-order valence-electron chi connectivity index (χ1n) is 4.17. The molecule has 0 aliphatic heterocycles. The maximum absolute atomic E-state index is 9.00. The molecular weight excluding hydrogens is 148 g/mol. The van der Waals surface area contributed by atoms with Crippen LogP contribution in [0.15, 0.2) is 37.1 Å². The summed E-state index contributed by atoms with van der Waals surface area (Å²) < 4.78 is 0. The van der Waals surface area contributed by atoms with Gasteiger partial charge in [-0.15, -0.1) is 6.58 Å². The van der Waals surface area contributed by atoms with Gasteiger partial charge in [-0.3, -0.25) is 0 Å². The summed E-state index contributed by atoms with van der Waals surface area (Å²) in [4.78, 5) is 0. The van der Waals surface area contributed by atoms with Gasteiger partial charge in [-0.05, 0) is 23.8 Å². The minimum absolute atomic E-state index is 0.0955. The number of aliphatic hydroxyl groups excluding tert-OH is 1. The molecule has 0 aromatic rings. The monoisotopic (exact) mass is 166 g/mol. The molecule has 0 unspecified atom stereocenters. The SMILES string of the molecule is C=C[C@@H](C)[C@@H](C)CC(=C)C(=C)O. The van der Waals surface area contributed by atoms with Gasteiger partial charge in [0.15, 0.2) is 0 Å². The number of hydrogen-bond donors (Lipinski definition) is 1. The Kier molecular flexibility index (Phi) is 4.42. The molecule has 0 radical (unpaired) electrons. The molecular formula is C11H18O. The lowest BCUT2D eigenvalue weighted by atomic mass is 9.90. The highest BCUT2D eigenvalue weighted by Gasteiger charge is 2.10. The highest BCUT2D eigenvalue weighted by molar-refractivity contribution is 5.18. The van der Waals surface area contributed by atoms with Gasteiger partial charge in [0.25, 0.3) is 0 Å². The van der Waals surface area contributed by atoms with Crippen molar-refractivity contribution < 1.29 is 5.11 Å². The van der Waals surface area contributed by atoms with Gasteiger partial charge >= 0.3 is 0 Å². The van der Waals surface area contributed by atoms with Crippen LogP contribution in [0.5, 0.6) is 0 Å². The minimum atomic E-state index is 0.0955. The van der Waals surface area contributed by atoms with E-state index in [1.54, 1.807) is 0 Å². The third kappa shape index (κ3) is 3.42. The predicted molar refractivity (Wildman–Crippen MR) is 54.1 cm³/mol. The Morgan fingerprint density at radius 2 is 1.92 bits per heavy atom. The number of aliphatic hydroxyl groups is 1. The van der Waals surface area contributed by atoms with E-state index in [0.29, 0.717) is 11.8 Å². The number of allylic oxidation sites excluding steroid dienone is 2. The van der Waals surface area contributed by atoms with E-state index in [0.717, 1.165) is 12.0 Å². The lowest BCUT2D eigenvalue weighted by Crippen LogP contribution is -2.06. The molecule has 0 aliphatic rings. The highest BCUT2D eigenvalue weighted by atomic mass is 16.3. The first-order chi connectivity index (χ1) is 5.49. The summed E-state index contributed by atoms with van der Waals surface area (Å²) in [6, 6.07) is 0. The zero-order valence-corrected chi connectivity index (χ0v) is 8.01. The summed E-state index contributed by atoms with van der Waals surface area (Å²) in [5.41, 5.74) is 0.719. The van der Waals surface area contributed by atoms with Crippen molar-refractivity contribution in [3.8, 4) is 0 Å². The standard InChI is InChI=1S/C11H18O/c1-6-8(2)9(3)7-10(4)11(5)12/h6,8-9,12H,1,4-5,7H2,2-3H3/t8-,9+/m1/s1. The second kappa shape index (κ2) is 4.81. The van der Waals surface area contributed by atoms with Crippen molar-refractivity contribution in [1.29, 1.82) is 0 Å². The second-order valence-electron chi connectivity index (χ2n) is 3.33. The van der Waals surface area contributed by atoms with Crippen LogP contribution in [-0.2, 0) is 0 Å². The first kappa shape index (κ1) is 11.0. The van der Waals surface area contributed by atoms with Gasteiger partial charge in [0, 0.05) is 0 Å². The molecule has 0 amide bonds. The summed E-state index contributed by atoms with van der Waals surface area (Å²) in [5.74, 6) is 0.998. The van der Waals surface area contributed by atoms with Gasteiger partial charge in [0.05, 0.1) is 0 Å². The molecule has 68 valence electrons. The molecule has 0 aliphatic carbocycles. The van der Waals surface area contributed by atoms with Gasteiger partial charge < -0.3 is 5.11 Å². The lowest BCUT2D eigenvalue weighted by molar-refractivity contribution is 0.398. The minimum Gasteiger partial charge on any atom is -0.508 e. The first-order valence-corrected chi connectivity index (χ1v) is 4.17. The molecule has 12 heavy (non-hydrogen) atoms. The Labute approximate surface area is 75.1 Å². The fourth-order valence-electron chi connectivity index (χ4n) is 0.925. The van der Waals surface area contributed by atoms with Crippen molar-refractivity contribution >= 4 is 0 Å². The van der Waals surface area contributed by atoms with E-state index >= 15 is 0 Å². The van der Waals surface area contributed by atoms with Gasteiger partial charge in [-0.1, -0.05) is 33.1 Å². The summed E-state index contributed by atoms with van der Waals surface area (Å²) >= 11 is 0. The average molecular weight is 166 g/mol. The highest BCUT2D eigenvalue weighted by Crippen LogP contribution is 2.21. The molecule has 0 fully saturated rings. The fourth-order valence-corrected chi connectivity index (χ4v) is 0.925. The summed E-state index contributed by atoms with van der Waals surface area (Å²) in [6.07, 6.45) is 2.70. The smallest absolute Gasteiger partial charge is 0.111 e. The predicted octanol–water partition coefficient (Wildman–Crippen LogP) is 3.46.